The highest BCUT2D eigenvalue weighted by Gasteiger charge is 2.42. The van der Waals surface area contributed by atoms with E-state index in [0.717, 1.165) is 26.1 Å². The minimum atomic E-state index is -0.206. The van der Waals surface area contributed by atoms with Gasteiger partial charge in [0.2, 0.25) is 0 Å². The lowest BCUT2D eigenvalue weighted by Gasteiger charge is -2.24. The van der Waals surface area contributed by atoms with Crippen LogP contribution in [0, 0.1) is 5.92 Å². The number of likely N-dealkylation sites (N-methyl/N-ethyl adjacent to an activating group) is 1. The highest BCUT2D eigenvalue weighted by Crippen LogP contribution is 2.31. The first kappa shape index (κ1) is 12.4. The molecule has 1 aromatic heterocycles. The molecule has 0 unspecified atom stereocenters. The summed E-state index contributed by atoms with van der Waals surface area (Å²) in [7, 11) is 3.76. The second-order valence-electron chi connectivity index (χ2n) is 5.67. The Hall–Kier alpha value is -1.62. The number of hydrogen-bond acceptors (Lipinski definition) is 3. The van der Waals surface area contributed by atoms with Crippen LogP contribution in [0.1, 0.15) is 16.8 Å². The quantitative estimate of drug-likeness (QED) is 0.723. The lowest BCUT2D eigenvalue weighted by Crippen LogP contribution is -2.41. The molecule has 0 saturated carbocycles. The third kappa shape index (κ3) is 1.98. The average Bonchev–Trinajstić information content (AvgIpc) is 2.90. The number of fused-ring (bicyclic) bond motifs is 1. The monoisotopic (exact) mass is 261 g/mol. The van der Waals surface area contributed by atoms with Gasteiger partial charge in [0.15, 0.2) is 0 Å². The number of carbonyl (C=O) groups is 1. The number of carbonyl (C=O) groups excluding carboxylic acids is 1. The highest BCUT2D eigenvalue weighted by molar-refractivity contribution is 5.94. The van der Waals surface area contributed by atoms with E-state index in [9.17, 15) is 9.59 Å². The second-order valence-corrected chi connectivity index (χ2v) is 5.67. The Morgan fingerprint density at radius 3 is 2.89 bits per heavy atom. The molecular formula is C14H19N3O2. The summed E-state index contributed by atoms with van der Waals surface area (Å²) in [6.45, 7) is 2.75. The van der Waals surface area contributed by atoms with Crippen molar-refractivity contribution in [2.75, 3.05) is 26.7 Å². The van der Waals surface area contributed by atoms with Crippen molar-refractivity contribution in [2.45, 2.75) is 12.5 Å². The van der Waals surface area contributed by atoms with Gasteiger partial charge in [-0.1, -0.05) is 0 Å². The van der Waals surface area contributed by atoms with Crippen LogP contribution in [0.4, 0.5) is 0 Å². The van der Waals surface area contributed by atoms with E-state index in [1.165, 1.54) is 4.57 Å². The summed E-state index contributed by atoms with van der Waals surface area (Å²) in [6, 6.07) is 3.67. The lowest BCUT2D eigenvalue weighted by atomic mass is 10.0. The van der Waals surface area contributed by atoms with Gasteiger partial charge < -0.3 is 14.4 Å². The van der Waals surface area contributed by atoms with Crippen molar-refractivity contribution in [3.8, 4) is 0 Å². The van der Waals surface area contributed by atoms with E-state index in [1.54, 1.807) is 25.4 Å². The molecule has 5 nitrogen and oxygen atoms in total. The van der Waals surface area contributed by atoms with Gasteiger partial charge in [0.05, 0.1) is 0 Å². The van der Waals surface area contributed by atoms with E-state index in [1.807, 2.05) is 4.90 Å². The summed E-state index contributed by atoms with van der Waals surface area (Å²) < 4.78 is 1.46. The molecule has 2 saturated heterocycles. The summed E-state index contributed by atoms with van der Waals surface area (Å²) >= 11 is 0. The Morgan fingerprint density at radius 1 is 1.32 bits per heavy atom. The topological polar surface area (TPSA) is 45.5 Å². The molecule has 19 heavy (non-hydrogen) atoms. The Balaban J connectivity index is 1.89. The molecule has 5 heteroatoms. The molecule has 2 atom stereocenters. The minimum Gasteiger partial charge on any atom is -0.334 e. The van der Waals surface area contributed by atoms with Gasteiger partial charge in [-0.25, -0.2) is 0 Å². The minimum absolute atomic E-state index is 0.107. The van der Waals surface area contributed by atoms with Gasteiger partial charge in [-0.05, 0) is 31.5 Å². The molecule has 1 aromatic rings. The summed E-state index contributed by atoms with van der Waals surface area (Å²) in [5.41, 5.74) is 0.0857. The maximum Gasteiger partial charge on any atom is 0.263 e. The van der Waals surface area contributed by atoms with E-state index in [4.69, 9.17) is 0 Å². The van der Waals surface area contributed by atoms with Gasteiger partial charge in [0.25, 0.3) is 11.5 Å². The van der Waals surface area contributed by atoms with Crippen molar-refractivity contribution in [3.05, 3.63) is 34.2 Å². The molecule has 2 aliphatic rings. The van der Waals surface area contributed by atoms with Gasteiger partial charge in [-0.2, -0.15) is 0 Å². The Morgan fingerprint density at radius 2 is 2.11 bits per heavy atom. The molecule has 0 aromatic carbocycles. The fourth-order valence-electron chi connectivity index (χ4n) is 3.34. The van der Waals surface area contributed by atoms with Crippen molar-refractivity contribution < 1.29 is 4.79 Å². The van der Waals surface area contributed by atoms with Crippen LogP contribution < -0.4 is 5.56 Å². The van der Waals surface area contributed by atoms with Crippen molar-refractivity contribution in [1.29, 1.82) is 0 Å². The average molecular weight is 261 g/mol. The third-order valence-corrected chi connectivity index (χ3v) is 4.34. The van der Waals surface area contributed by atoms with Crippen LogP contribution in [0.5, 0.6) is 0 Å². The van der Waals surface area contributed by atoms with Crippen LogP contribution >= 0.6 is 0 Å². The first-order valence-corrected chi connectivity index (χ1v) is 6.73. The maximum atomic E-state index is 12.6. The molecule has 1 amide bonds. The fourth-order valence-corrected chi connectivity index (χ4v) is 3.34. The number of nitrogens with zero attached hydrogens (tertiary/aromatic N) is 3. The van der Waals surface area contributed by atoms with Crippen LogP contribution in [-0.2, 0) is 7.05 Å². The summed E-state index contributed by atoms with van der Waals surface area (Å²) in [5.74, 6) is 0.463. The summed E-state index contributed by atoms with van der Waals surface area (Å²) in [4.78, 5) is 28.7. The SMILES string of the molecule is CN1C[C@@H]2CCN(C(=O)c3cccn(C)c3=O)[C@@H]2C1. The zero-order valence-electron chi connectivity index (χ0n) is 11.4. The largest absolute Gasteiger partial charge is 0.334 e. The first-order chi connectivity index (χ1) is 9.08. The number of pyridine rings is 1. The van der Waals surface area contributed by atoms with Crippen molar-refractivity contribution in [1.82, 2.24) is 14.4 Å². The van der Waals surface area contributed by atoms with Crippen molar-refractivity contribution in [2.24, 2.45) is 13.0 Å². The zero-order valence-corrected chi connectivity index (χ0v) is 11.4. The molecular weight excluding hydrogens is 242 g/mol. The molecule has 0 radical (unpaired) electrons. The normalized spacial score (nSPS) is 26.7. The number of amides is 1. The fraction of sp³-hybridized carbons (Fsp3) is 0.571. The Bertz CT molecular complexity index is 566. The summed E-state index contributed by atoms with van der Waals surface area (Å²) in [6.07, 6.45) is 2.73. The second kappa shape index (κ2) is 4.49. The number of rotatable bonds is 1. The molecule has 0 spiro atoms. The molecule has 3 rings (SSSR count). The lowest BCUT2D eigenvalue weighted by molar-refractivity contribution is 0.0727. The predicted octanol–water partition coefficient (Wildman–Crippen LogP) is 0.161. The number of aromatic nitrogens is 1. The van der Waals surface area contributed by atoms with Crippen LogP contribution in [0.15, 0.2) is 23.1 Å². The molecule has 0 N–H and O–H groups in total. The standard InChI is InChI=1S/C14H19N3O2/c1-15-8-10-5-7-17(12(10)9-15)14(19)11-4-3-6-16(2)13(11)18/h3-4,6,10,12H,5,7-9H2,1-2H3/t10-,12+/m0/s1. The predicted molar refractivity (Wildman–Crippen MR) is 72.1 cm³/mol. The first-order valence-electron chi connectivity index (χ1n) is 6.73. The molecule has 2 fully saturated rings. The molecule has 0 aliphatic carbocycles. The van der Waals surface area contributed by atoms with E-state index < -0.39 is 0 Å². The van der Waals surface area contributed by atoms with E-state index in [-0.39, 0.29) is 17.5 Å². The molecule has 102 valence electrons. The third-order valence-electron chi connectivity index (χ3n) is 4.34. The van der Waals surface area contributed by atoms with Gasteiger partial charge in [-0.3, -0.25) is 9.59 Å². The smallest absolute Gasteiger partial charge is 0.263 e. The Kier molecular flexibility index (Phi) is 2.93. The number of hydrogen-bond donors (Lipinski definition) is 0. The van der Waals surface area contributed by atoms with Gasteiger partial charge in [-0.15, -0.1) is 0 Å². The highest BCUT2D eigenvalue weighted by atomic mass is 16.2. The maximum absolute atomic E-state index is 12.6. The van der Waals surface area contributed by atoms with E-state index in [2.05, 4.69) is 11.9 Å². The van der Waals surface area contributed by atoms with Gasteiger partial charge >= 0.3 is 0 Å². The van der Waals surface area contributed by atoms with Crippen molar-refractivity contribution >= 4 is 5.91 Å². The zero-order chi connectivity index (χ0) is 13.6. The van der Waals surface area contributed by atoms with Gasteiger partial charge in [0.1, 0.15) is 5.56 Å². The summed E-state index contributed by atoms with van der Waals surface area (Å²) in [5, 5.41) is 0. The van der Waals surface area contributed by atoms with Crippen LogP contribution in [-0.4, -0.2) is 53.0 Å². The number of aryl methyl sites for hydroxylation is 1. The molecule has 0 bridgehead atoms. The van der Waals surface area contributed by atoms with Crippen LogP contribution in [0.3, 0.4) is 0 Å². The molecule has 3 heterocycles. The van der Waals surface area contributed by atoms with Crippen LogP contribution in [0.2, 0.25) is 0 Å². The van der Waals surface area contributed by atoms with Gasteiger partial charge in [0, 0.05) is 38.9 Å². The van der Waals surface area contributed by atoms with Crippen LogP contribution in [0.25, 0.3) is 0 Å². The van der Waals surface area contributed by atoms with Crippen molar-refractivity contribution in [3.63, 3.8) is 0 Å². The number of likely N-dealkylation sites (tertiary alicyclic amines) is 2. The van der Waals surface area contributed by atoms with E-state index >= 15 is 0 Å². The van der Waals surface area contributed by atoms with E-state index in [0.29, 0.717) is 11.5 Å². The molecule has 2 aliphatic heterocycles. The Labute approximate surface area is 112 Å².